The maximum absolute atomic E-state index is 9.13. The van der Waals surface area contributed by atoms with E-state index in [4.69, 9.17) is 10.8 Å². The van der Waals surface area contributed by atoms with Gasteiger partial charge in [0, 0.05) is 17.6 Å². The monoisotopic (exact) mass is 216 g/mol. The fraction of sp³-hybridized carbons (Fsp3) is 1.00. The first-order valence-corrected chi connectivity index (χ1v) is 5.83. The van der Waals surface area contributed by atoms with Gasteiger partial charge < -0.3 is 15.7 Å². The van der Waals surface area contributed by atoms with Gasteiger partial charge in [-0.3, -0.25) is 0 Å². The number of hydrogen-bond donors (Lipinski definition) is 2. The average Bonchev–Trinajstić information content (AvgIpc) is 2.14. The normalized spacial score (nSPS) is 20.4. The van der Waals surface area contributed by atoms with Crippen molar-refractivity contribution in [2.75, 3.05) is 13.7 Å². The zero-order chi connectivity index (χ0) is 12.2. The van der Waals surface area contributed by atoms with Crippen LogP contribution >= 0.6 is 0 Å². The number of hydrogen-bond acceptors (Lipinski definition) is 3. The molecule has 0 spiro atoms. The van der Waals surface area contributed by atoms with E-state index in [0.29, 0.717) is 18.0 Å². The molecule has 0 radical (unpaired) electrons. The fourth-order valence-corrected chi connectivity index (χ4v) is 1.76. The zero-order valence-corrected chi connectivity index (χ0v) is 11.1. The van der Waals surface area contributed by atoms with Gasteiger partial charge in [-0.15, -0.1) is 0 Å². The van der Waals surface area contributed by atoms with Crippen molar-refractivity contribution in [2.24, 2.45) is 11.7 Å². The van der Waals surface area contributed by atoms with Crippen LogP contribution in [0.1, 0.15) is 41.0 Å². The number of nitrogens with two attached hydrogens (primary N) is 1. The Morgan fingerprint density at radius 3 is 2.07 bits per heavy atom. The summed E-state index contributed by atoms with van der Waals surface area (Å²) in [4.78, 5) is 2.34. The van der Waals surface area contributed by atoms with Crippen LogP contribution in [0.25, 0.3) is 0 Å². The summed E-state index contributed by atoms with van der Waals surface area (Å²) in [7, 11) is 2.13. The number of aliphatic hydroxyl groups is 1. The second kappa shape index (κ2) is 5.83. The highest BCUT2D eigenvalue weighted by atomic mass is 16.3. The standard InChI is InChI=1S/C12H28N2O/c1-9(2)11(4)14(6)10(3)7-12(5,13)8-15/h9-11,15H,7-8,13H2,1-6H3. The molecule has 0 aliphatic rings. The predicted molar refractivity (Wildman–Crippen MR) is 65.8 cm³/mol. The third-order valence-corrected chi connectivity index (χ3v) is 3.43. The summed E-state index contributed by atoms with van der Waals surface area (Å²) in [5, 5.41) is 9.13. The first kappa shape index (κ1) is 14.9. The van der Waals surface area contributed by atoms with Gasteiger partial charge >= 0.3 is 0 Å². The van der Waals surface area contributed by atoms with Crippen molar-refractivity contribution in [3.05, 3.63) is 0 Å². The summed E-state index contributed by atoms with van der Waals surface area (Å²) < 4.78 is 0. The molecule has 0 heterocycles. The Morgan fingerprint density at radius 1 is 1.27 bits per heavy atom. The summed E-state index contributed by atoms with van der Waals surface area (Å²) in [6.07, 6.45) is 0.817. The predicted octanol–water partition coefficient (Wildman–Crippen LogP) is 1.45. The quantitative estimate of drug-likeness (QED) is 0.706. The van der Waals surface area contributed by atoms with Crippen LogP contribution in [0, 0.1) is 5.92 Å². The van der Waals surface area contributed by atoms with Crippen LogP contribution in [0.3, 0.4) is 0 Å². The van der Waals surface area contributed by atoms with Crippen molar-refractivity contribution < 1.29 is 5.11 Å². The molecule has 0 fully saturated rings. The molecule has 0 saturated carbocycles. The maximum atomic E-state index is 9.13. The van der Waals surface area contributed by atoms with Gasteiger partial charge in [-0.2, -0.15) is 0 Å². The smallest absolute Gasteiger partial charge is 0.0609 e. The van der Waals surface area contributed by atoms with Gasteiger partial charge in [-0.25, -0.2) is 0 Å². The Labute approximate surface area is 94.6 Å². The Hall–Kier alpha value is -0.120. The molecule has 0 aromatic carbocycles. The van der Waals surface area contributed by atoms with Gasteiger partial charge in [-0.1, -0.05) is 13.8 Å². The molecular weight excluding hydrogens is 188 g/mol. The van der Waals surface area contributed by atoms with E-state index in [-0.39, 0.29) is 6.61 Å². The molecule has 0 rings (SSSR count). The zero-order valence-electron chi connectivity index (χ0n) is 11.1. The van der Waals surface area contributed by atoms with Crippen LogP contribution in [0.2, 0.25) is 0 Å². The molecular formula is C12H28N2O. The lowest BCUT2D eigenvalue weighted by molar-refractivity contribution is 0.113. The molecule has 0 aliphatic heterocycles. The largest absolute Gasteiger partial charge is 0.394 e. The molecule has 3 atom stereocenters. The van der Waals surface area contributed by atoms with E-state index in [1.54, 1.807) is 0 Å². The Kier molecular flexibility index (Phi) is 5.78. The summed E-state index contributed by atoms with van der Waals surface area (Å²) in [5.74, 6) is 0.635. The Morgan fingerprint density at radius 2 is 1.73 bits per heavy atom. The Bertz CT molecular complexity index is 180. The maximum Gasteiger partial charge on any atom is 0.0609 e. The molecule has 15 heavy (non-hydrogen) atoms. The molecule has 3 N–H and O–H groups in total. The molecule has 0 aromatic rings. The minimum absolute atomic E-state index is 0.0429. The second-order valence-electron chi connectivity index (χ2n) is 5.52. The van der Waals surface area contributed by atoms with Crippen LogP contribution in [0.4, 0.5) is 0 Å². The van der Waals surface area contributed by atoms with Crippen LogP contribution in [0.15, 0.2) is 0 Å². The van der Waals surface area contributed by atoms with E-state index in [0.717, 1.165) is 6.42 Å². The van der Waals surface area contributed by atoms with Crippen molar-refractivity contribution in [2.45, 2.75) is 58.7 Å². The Balaban J connectivity index is 4.27. The van der Waals surface area contributed by atoms with Gasteiger partial charge in [0.2, 0.25) is 0 Å². The summed E-state index contributed by atoms with van der Waals surface area (Å²) in [6.45, 7) is 10.8. The van der Waals surface area contributed by atoms with Crippen LogP contribution in [-0.2, 0) is 0 Å². The van der Waals surface area contributed by atoms with E-state index >= 15 is 0 Å². The van der Waals surface area contributed by atoms with Gasteiger partial charge in [0.15, 0.2) is 0 Å². The van der Waals surface area contributed by atoms with E-state index in [1.807, 2.05) is 6.92 Å². The molecule has 0 bridgehead atoms. The van der Waals surface area contributed by atoms with Crippen molar-refractivity contribution in [3.8, 4) is 0 Å². The highest BCUT2D eigenvalue weighted by molar-refractivity contribution is 4.84. The number of nitrogens with zero attached hydrogens (tertiary/aromatic N) is 1. The molecule has 92 valence electrons. The van der Waals surface area contributed by atoms with Crippen LogP contribution < -0.4 is 5.73 Å². The third-order valence-electron chi connectivity index (χ3n) is 3.43. The lowest BCUT2D eigenvalue weighted by Gasteiger charge is -2.36. The van der Waals surface area contributed by atoms with Crippen molar-refractivity contribution in [1.82, 2.24) is 4.90 Å². The molecule has 3 heteroatoms. The van der Waals surface area contributed by atoms with E-state index in [1.165, 1.54) is 0 Å². The molecule has 0 aliphatic carbocycles. The third kappa shape index (κ3) is 4.96. The average molecular weight is 216 g/mol. The van der Waals surface area contributed by atoms with Crippen molar-refractivity contribution in [3.63, 3.8) is 0 Å². The van der Waals surface area contributed by atoms with Gasteiger partial charge in [-0.05, 0) is 40.2 Å². The van der Waals surface area contributed by atoms with Crippen molar-refractivity contribution in [1.29, 1.82) is 0 Å². The SMILES string of the molecule is CC(C)C(C)N(C)C(C)CC(C)(N)CO. The molecule has 3 nitrogen and oxygen atoms in total. The fourth-order valence-electron chi connectivity index (χ4n) is 1.76. The minimum atomic E-state index is -0.468. The van der Waals surface area contributed by atoms with Gasteiger partial charge in [0.1, 0.15) is 0 Å². The molecule has 0 amide bonds. The van der Waals surface area contributed by atoms with Gasteiger partial charge in [0.25, 0.3) is 0 Å². The molecule has 3 unspecified atom stereocenters. The second-order valence-corrected chi connectivity index (χ2v) is 5.52. The first-order chi connectivity index (χ1) is 6.71. The topological polar surface area (TPSA) is 49.5 Å². The number of aliphatic hydroxyl groups excluding tert-OH is 1. The lowest BCUT2D eigenvalue weighted by atomic mass is 9.93. The highest BCUT2D eigenvalue weighted by Gasteiger charge is 2.25. The van der Waals surface area contributed by atoms with E-state index < -0.39 is 5.54 Å². The summed E-state index contributed by atoms with van der Waals surface area (Å²) in [5.41, 5.74) is 5.49. The summed E-state index contributed by atoms with van der Waals surface area (Å²) >= 11 is 0. The molecule has 0 aromatic heterocycles. The van der Waals surface area contributed by atoms with E-state index in [9.17, 15) is 0 Å². The van der Waals surface area contributed by atoms with E-state index in [2.05, 4.69) is 39.6 Å². The minimum Gasteiger partial charge on any atom is -0.394 e. The lowest BCUT2D eigenvalue weighted by Crippen LogP contribution is -2.49. The van der Waals surface area contributed by atoms with Crippen LogP contribution in [0.5, 0.6) is 0 Å². The van der Waals surface area contributed by atoms with Gasteiger partial charge in [0.05, 0.1) is 6.61 Å². The van der Waals surface area contributed by atoms with Crippen LogP contribution in [-0.4, -0.2) is 41.3 Å². The first-order valence-electron chi connectivity index (χ1n) is 5.83. The molecule has 0 saturated heterocycles. The summed E-state index contributed by atoms with van der Waals surface area (Å²) in [6, 6.07) is 0.930. The van der Waals surface area contributed by atoms with Crippen molar-refractivity contribution >= 4 is 0 Å². The number of rotatable bonds is 6. The highest BCUT2D eigenvalue weighted by Crippen LogP contribution is 2.17.